The Kier molecular flexibility index (Phi) is 4.97. The van der Waals surface area contributed by atoms with Crippen LogP contribution in [0.5, 0.6) is 5.75 Å². The normalized spacial score (nSPS) is 17.2. The zero-order valence-electron chi connectivity index (χ0n) is 11.7. The molecule has 0 bridgehead atoms. The standard InChI is InChI=1S/C14H20BF3NO/c1-12-5-6-14(13(11-12)15(16,17)18)20-10-9-19-7-3-2-4-8-19/h5-6,11H,2-4,7-10H2,1H3/q-1. The van der Waals surface area contributed by atoms with Gasteiger partial charge in [0.2, 0.25) is 0 Å². The molecule has 1 heterocycles. The first-order chi connectivity index (χ1) is 9.47. The van der Waals surface area contributed by atoms with Gasteiger partial charge in [-0.05, 0) is 38.9 Å². The highest BCUT2D eigenvalue weighted by Gasteiger charge is 2.29. The minimum Gasteiger partial charge on any atom is -0.495 e. The molecule has 0 amide bonds. The third-order valence-electron chi connectivity index (χ3n) is 3.63. The number of halogens is 3. The topological polar surface area (TPSA) is 12.5 Å². The second-order valence-corrected chi connectivity index (χ2v) is 5.37. The van der Waals surface area contributed by atoms with Gasteiger partial charge in [-0.3, -0.25) is 4.90 Å². The Morgan fingerprint density at radius 1 is 1.15 bits per heavy atom. The predicted octanol–water partition coefficient (Wildman–Crippen LogP) is 2.91. The minimum atomic E-state index is -5.03. The highest BCUT2D eigenvalue weighted by Crippen LogP contribution is 2.19. The number of rotatable bonds is 5. The van der Waals surface area contributed by atoms with Crippen molar-refractivity contribution >= 4 is 12.4 Å². The van der Waals surface area contributed by atoms with Crippen molar-refractivity contribution in [3.63, 3.8) is 0 Å². The summed E-state index contributed by atoms with van der Waals surface area (Å²) in [5, 5.41) is 0. The predicted molar refractivity (Wildman–Crippen MR) is 75.7 cm³/mol. The fourth-order valence-electron chi connectivity index (χ4n) is 2.52. The summed E-state index contributed by atoms with van der Waals surface area (Å²) in [7, 11) is 0. The smallest absolute Gasteiger partial charge is 0.495 e. The molecule has 6 heteroatoms. The molecule has 0 N–H and O–H groups in total. The Morgan fingerprint density at radius 3 is 2.50 bits per heavy atom. The molecule has 0 saturated carbocycles. The molecule has 0 spiro atoms. The molecule has 0 radical (unpaired) electrons. The lowest BCUT2D eigenvalue weighted by Gasteiger charge is -2.27. The molecule has 1 aliphatic heterocycles. The van der Waals surface area contributed by atoms with Crippen LogP contribution < -0.4 is 10.2 Å². The Balaban J connectivity index is 1.95. The number of hydrogen-bond donors (Lipinski definition) is 0. The first-order valence-corrected chi connectivity index (χ1v) is 7.12. The van der Waals surface area contributed by atoms with Crippen molar-refractivity contribution in [2.24, 2.45) is 0 Å². The van der Waals surface area contributed by atoms with Gasteiger partial charge in [-0.15, -0.1) is 0 Å². The van der Waals surface area contributed by atoms with E-state index in [9.17, 15) is 12.9 Å². The van der Waals surface area contributed by atoms with Crippen LogP contribution in [0.4, 0.5) is 12.9 Å². The monoisotopic (exact) mass is 286 g/mol. The van der Waals surface area contributed by atoms with E-state index >= 15 is 0 Å². The number of nitrogens with zero attached hydrogens (tertiary/aromatic N) is 1. The molecule has 0 aliphatic carbocycles. The molecular formula is C14H20BF3NO-. The van der Waals surface area contributed by atoms with Crippen LogP contribution in [-0.2, 0) is 0 Å². The lowest BCUT2D eigenvalue weighted by Crippen LogP contribution is -2.37. The summed E-state index contributed by atoms with van der Waals surface area (Å²) >= 11 is 0. The van der Waals surface area contributed by atoms with Gasteiger partial charge in [0, 0.05) is 6.54 Å². The molecule has 0 aromatic heterocycles. The maximum absolute atomic E-state index is 13.0. The molecule has 20 heavy (non-hydrogen) atoms. The van der Waals surface area contributed by atoms with Crippen LogP contribution in [0.2, 0.25) is 0 Å². The van der Waals surface area contributed by atoms with Gasteiger partial charge in [-0.1, -0.05) is 29.6 Å². The summed E-state index contributed by atoms with van der Waals surface area (Å²) in [5.74, 6) is -0.0416. The molecule has 2 nitrogen and oxygen atoms in total. The average Bonchev–Trinajstić information content (AvgIpc) is 2.40. The van der Waals surface area contributed by atoms with E-state index in [4.69, 9.17) is 4.74 Å². The molecule has 2 rings (SSSR count). The van der Waals surface area contributed by atoms with E-state index in [0.29, 0.717) is 18.7 Å². The highest BCUT2D eigenvalue weighted by molar-refractivity contribution is 6.74. The van der Waals surface area contributed by atoms with Crippen LogP contribution >= 0.6 is 0 Å². The number of aryl methyl sites for hydroxylation is 1. The summed E-state index contributed by atoms with van der Waals surface area (Å²) in [5.41, 5.74) is -0.0220. The zero-order chi connectivity index (χ0) is 14.6. The molecule has 1 fully saturated rings. The van der Waals surface area contributed by atoms with Crippen LogP contribution in [0, 0.1) is 6.92 Å². The second kappa shape index (κ2) is 6.52. The molecular weight excluding hydrogens is 266 g/mol. The van der Waals surface area contributed by atoms with E-state index in [0.717, 1.165) is 19.2 Å². The SMILES string of the molecule is Cc1ccc(OCCN2CCCCC2)c([B-](F)(F)F)c1. The average molecular weight is 286 g/mol. The third kappa shape index (κ3) is 4.17. The summed E-state index contributed by atoms with van der Waals surface area (Å²) < 4.78 is 44.3. The van der Waals surface area contributed by atoms with E-state index in [1.54, 1.807) is 13.0 Å². The zero-order valence-corrected chi connectivity index (χ0v) is 11.7. The molecule has 1 aromatic rings. The first-order valence-electron chi connectivity index (χ1n) is 7.12. The van der Waals surface area contributed by atoms with E-state index in [-0.39, 0.29) is 5.75 Å². The number of likely N-dealkylation sites (tertiary alicyclic amines) is 1. The van der Waals surface area contributed by atoms with Crippen molar-refractivity contribution in [1.29, 1.82) is 0 Å². The third-order valence-corrected chi connectivity index (χ3v) is 3.63. The number of ether oxygens (including phenoxy) is 1. The number of benzene rings is 1. The van der Waals surface area contributed by atoms with Gasteiger partial charge in [0.05, 0.1) is 5.75 Å². The molecule has 1 aliphatic rings. The fraction of sp³-hybridized carbons (Fsp3) is 0.571. The molecule has 1 aromatic carbocycles. The van der Waals surface area contributed by atoms with Crippen molar-refractivity contribution in [1.82, 2.24) is 4.90 Å². The van der Waals surface area contributed by atoms with Crippen LogP contribution in [0.15, 0.2) is 18.2 Å². The second-order valence-electron chi connectivity index (χ2n) is 5.37. The lowest BCUT2D eigenvalue weighted by atomic mass is 9.78. The van der Waals surface area contributed by atoms with Gasteiger partial charge < -0.3 is 17.7 Å². The minimum absolute atomic E-state index is 0.0416. The number of hydrogen-bond acceptors (Lipinski definition) is 2. The Bertz CT molecular complexity index is 445. The largest absolute Gasteiger partial charge is 0.513 e. The summed E-state index contributed by atoms with van der Waals surface area (Å²) in [4.78, 5) is 2.25. The van der Waals surface area contributed by atoms with E-state index in [1.807, 2.05) is 0 Å². The first kappa shape index (κ1) is 15.2. The summed E-state index contributed by atoms with van der Waals surface area (Å²) in [6.07, 6.45) is 3.58. The summed E-state index contributed by atoms with van der Waals surface area (Å²) in [6.45, 7) is -0.331. The van der Waals surface area contributed by atoms with Crippen LogP contribution in [0.3, 0.4) is 0 Å². The van der Waals surface area contributed by atoms with Crippen molar-refractivity contribution in [3.8, 4) is 5.75 Å². The van der Waals surface area contributed by atoms with Gasteiger partial charge in [-0.2, -0.15) is 0 Å². The van der Waals surface area contributed by atoms with E-state index in [1.165, 1.54) is 25.3 Å². The maximum atomic E-state index is 13.0. The maximum Gasteiger partial charge on any atom is 0.513 e. The summed E-state index contributed by atoms with van der Waals surface area (Å²) in [6, 6.07) is 4.24. The van der Waals surface area contributed by atoms with Crippen LogP contribution in [0.1, 0.15) is 24.8 Å². The van der Waals surface area contributed by atoms with Gasteiger partial charge in [0.25, 0.3) is 0 Å². The van der Waals surface area contributed by atoms with Gasteiger partial charge in [0.1, 0.15) is 6.61 Å². The van der Waals surface area contributed by atoms with E-state index in [2.05, 4.69) is 4.90 Å². The van der Waals surface area contributed by atoms with Crippen molar-refractivity contribution < 1.29 is 17.7 Å². The quantitative estimate of drug-likeness (QED) is 0.772. The molecule has 0 atom stereocenters. The highest BCUT2D eigenvalue weighted by atomic mass is 19.4. The Hall–Kier alpha value is -1.17. The lowest BCUT2D eigenvalue weighted by molar-refractivity contribution is 0.183. The van der Waals surface area contributed by atoms with Crippen molar-refractivity contribution in [2.45, 2.75) is 26.2 Å². The number of piperidine rings is 1. The Morgan fingerprint density at radius 2 is 1.85 bits per heavy atom. The van der Waals surface area contributed by atoms with Crippen molar-refractivity contribution in [3.05, 3.63) is 23.8 Å². The van der Waals surface area contributed by atoms with E-state index < -0.39 is 12.4 Å². The van der Waals surface area contributed by atoms with Gasteiger partial charge >= 0.3 is 6.98 Å². The van der Waals surface area contributed by atoms with Gasteiger partial charge in [0.15, 0.2) is 0 Å². The molecule has 0 unspecified atom stereocenters. The molecule has 112 valence electrons. The van der Waals surface area contributed by atoms with Gasteiger partial charge in [-0.25, -0.2) is 0 Å². The fourth-order valence-corrected chi connectivity index (χ4v) is 2.52. The van der Waals surface area contributed by atoms with Crippen LogP contribution in [-0.4, -0.2) is 38.1 Å². The van der Waals surface area contributed by atoms with Crippen LogP contribution in [0.25, 0.3) is 0 Å². The van der Waals surface area contributed by atoms with Crippen molar-refractivity contribution in [2.75, 3.05) is 26.2 Å². The molecule has 1 saturated heterocycles. The Labute approximate surface area is 118 Å².